The van der Waals surface area contributed by atoms with Gasteiger partial charge in [-0.1, -0.05) is 25.1 Å². The maximum absolute atomic E-state index is 12.3. The predicted octanol–water partition coefficient (Wildman–Crippen LogP) is 3.35. The molecule has 118 valence electrons. The third kappa shape index (κ3) is 3.33. The van der Waals surface area contributed by atoms with Crippen molar-refractivity contribution < 1.29 is 9.53 Å². The van der Waals surface area contributed by atoms with E-state index in [0.717, 1.165) is 31.4 Å². The quantitative estimate of drug-likeness (QED) is 0.889. The Morgan fingerprint density at radius 1 is 1.45 bits per heavy atom. The molecule has 1 aliphatic rings. The van der Waals surface area contributed by atoms with Crippen LogP contribution in [0.4, 0.5) is 0 Å². The van der Waals surface area contributed by atoms with Crippen LogP contribution in [-0.4, -0.2) is 30.1 Å². The Morgan fingerprint density at radius 3 is 3.09 bits per heavy atom. The number of para-hydroxylation sites is 1. The normalized spacial score (nSPS) is 20.0. The van der Waals surface area contributed by atoms with Crippen molar-refractivity contribution in [2.24, 2.45) is 0 Å². The van der Waals surface area contributed by atoms with Crippen LogP contribution in [0.5, 0.6) is 0 Å². The molecular formula is C18H24N2O2. The van der Waals surface area contributed by atoms with Gasteiger partial charge in [-0.3, -0.25) is 4.79 Å². The largest absolute Gasteiger partial charge is 0.379 e. The van der Waals surface area contributed by atoms with Crippen LogP contribution in [-0.2, 0) is 9.53 Å². The smallest absolute Gasteiger partial charge is 0.220 e. The van der Waals surface area contributed by atoms with E-state index in [1.165, 1.54) is 10.9 Å². The second-order valence-corrected chi connectivity index (χ2v) is 6.08. The third-order valence-corrected chi connectivity index (χ3v) is 4.51. The van der Waals surface area contributed by atoms with Gasteiger partial charge in [-0.05, 0) is 36.8 Å². The van der Waals surface area contributed by atoms with E-state index in [9.17, 15) is 4.79 Å². The lowest BCUT2D eigenvalue weighted by Crippen LogP contribution is -2.41. The average Bonchev–Trinajstić information content (AvgIpc) is 2.97. The molecule has 3 rings (SSSR count). The highest BCUT2D eigenvalue weighted by atomic mass is 16.5. The van der Waals surface area contributed by atoms with Gasteiger partial charge in [0.15, 0.2) is 0 Å². The molecule has 4 heteroatoms. The molecular weight excluding hydrogens is 276 g/mol. The van der Waals surface area contributed by atoms with Gasteiger partial charge in [-0.25, -0.2) is 0 Å². The molecule has 1 aromatic carbocycles. The van der Waals surface area contributed by atoms with E-state index in [2.05, 4.69) is 35.6 Å². The summed E-state index contributed by atoms with van der Waals surface area (Å²) >= 11 is 0. The molecule has 4 nitrogen and oxygen atoms in total. The molecule has 1 fully saturated rings. The summed E-state index contributed by atoms with van der Waals surface area (Å²) in [6.07, 6.45) is 5.60. The molecule has 2 heterocycles. The zero-order valence-electron chi connectivity index (χ0n) is 13.1. The number of benzene rings is 1. The van der Waals surface area contributed by atoms with Crippen LogP contribution >= 0.6 is 0 Å². The number of amides is 1. The van der Waals surface area contributed by atoms with E-state index in [0.29, 0.717) is 13.0 Å². The number of aromatic amines is 1. The Kier molecular flexibility index (Phi) is 4.78. The van der Waals surface area contributed by atoms with E-state index in [1.807, 2.05) is 12.1 Å². The number of hydrogen-bond acceptors (Lipinski definition) is 2. The summed E-state index contributed by atoms with van der Waals surface area (Å²) in [4.78, 5) is 15.6. The highest BCUT2D eigenvalue weighted by Gasteiger charge is 2.21. The molecule has 0 spiro atoms. The van der Waals surface area contributed by atoms with Crippen LogP contribution < -0.4 is 5.32 Å². The minimum absolute atomic E-state index is 0.132. The first-order valence-corrected chi connectivity index (χ1v) is 8.21. The second kappa shape index (κ2) is 6.97. The van der Waals surface area contributed by atoms with Gasteiger partial charge in [0.05, 0.1) is 12.6 Å². The van der Waals surface area contributed by atoms with Crippen LogP contribution in [0.2, 0.25) is 0 Å². The zero-order valence-corrected chi connectivity index (χ0v) is 13.1. The number of fused-ring (bicyclic) bond motifs is 1. The lowest BCUT2D eigenvalue weighted by atomic mass is 9.92. The lowest BCUT2D eigenvalue weighted by Gasteiger charge is -2.24. The van der Waals surface area contributed by atoms with Crippen LogP contribution in [0, 0.1) is 0 Å². The Hall–Kier alpha value is -1.81. The van der Waals surface area contributed by atoms with Crippen molar-refractivity contribution in [3.63, 3.8) is 0 Å². The molecule has 2 atom stereocenters. The molecule has 0 bridgehead atoms. The molecule has 2 N–H and O–H groups in total. The number of nitrogens with one attached hydrogen (secondary N) is 2. The maximum atomic E-state index is 12.3. The fraction of sp³-hybridized carbons (Fsp3) is 0.500. The SMILES string of the molecule is CCC(CC(=O)NC1CCCOC1)c1c[nH]c2ccccc12. The van der Waals surface area contributed by atoms with Gasteiger partial charge in [0.1, 0.15) is 0 Å². The highest BCUT2D eigenvalue weighted by molar-refractivity contribution is 5.85. The van der Waals surface area contributed by atoms with Crippen molar-refractivity contribution in [2.75, 3.05) is 13.2 Å². The third-order valence-electron chi connectivity index (χ3n) is 4.51. The summed E-state index contributed by atoms with van der Waals surface area (Å²) in [5.74, 6) is 0.383. The first-order chi connectivity index (χ1) is 10.8. The number of aromatic nitrogens is 1. The van der Waals surface area contributed by atoms with E-state index in [4.69, 9.17) is 4.74 Å². The molecule has 1 aromatic heterocycles. The fourth-order valence-electron chi connectivity index (χ4n) is 3.27. The summed E-state index contributed by atoms with van der Waals surface area (Å²) < 4.78 is 5.42. The molecule has 22 heavy (non-hydrogen) atoms. The maximum Gasteiger partial charge on any atom is 0.220 e. The molecule has 0 saturated carbocycles. The molecule has 2 aromatic rings. The molecule has 0 aliphatic carbocycles. The number of H-pyrrole nitrogens is 1. The van der Waals surface area contributed by atoms with Crippen LogP contribution in [0.1, 0.15) is 44.1 Å². The summed E-state index contributed by atoms with van der Waals surface area (Å²) in [7, 11) is 0. The minimum atomic E-state index is 0.132. The monoisotopic (exact) mass is 300 g/mol. The van der Waals surface area contributed by atoms with E-state index >= 15 is 0 Å². The number of carbonyl (C=O) groups is 1. The summed E-state index contributed by atoms with van der Waals surface area (Å²) in [6, 6.07) is 8.45. The summed E-state index contributed by atoms with van der Waals surface area (Å²) in [6.45, 7) is 3.61. The van der Waals surface area contributed by atoms with Crippen LogP contribution in [0.3, 0.4) is 0 Å². The van der Waals surface area contributed by atoms with Gasteiger partial charge < -0.3 is 15.0 Å². The van der Waals surface area contributed by atoms with Gasteiger partial charge in [-0.2, -0.15) is 0 Å². The highest BCUT2D eigenvalue weighted by Crippen LogP contribution is 2.30. The molecule has 1 aliphatic heterocycles. The first-order valence-electron chi connectivity index (χ1n) is 8.21. The van der Waals surface area contributed by atoms with Crippen molar-refractivity contribution in [3.05, 3.63) is 36.0 Å². The van der Waals surface area contributed by atoms with Gasteiger partial charge >= 0.3 is 0 Å². The van der Waals surface area contributed by atoms with Crippen molar-refractivity contribution in [3.8, 4) is 0 Å². The Morgan fingerprint density at radius 2 is 2.32 bits per heavy atom. The topological polar surface area (TPSA) is 54.1 Å². The standard InChI is InChI=1S/C18H24N2O2/c1-2-13(10-18(21)20-14-6-5-9-22-12-14)16-11-19-17-8-4-3-7-15(16)17/h3-4,7-8,11,13-14,19H,2,5-6,9-10,12H2,1H3,(H,20,21). The first kappa shape index (κ1) is 15.1. The second-order valence-electron chi connectivity index (χ2n) is 6.08. The Bertz CT molecular complexity index is 629. The Balaban J connectivity index is 1.67. The lowest BCUT2D eigenvalue weighted by molar-refractivity contribution is -0.123. The predicted molar refractivity (Wildman–Crippen MR) is 87.9 cm³/mol. The molecule has 1 saturated heterocycles. The van der Waals surface area contributed by atoms with Gasteiger partial charge in [0.25, 0.3) is 0 Å². The zero-order chi connectivity index (χ0) is 15.4. The van der Waals surface area contributed by atoms with Gasteiger partial charge in [0.2, 0.25) is 5.91 Å². The van der Waals surface area contributed by atoms with Crippen molar-refractivity contribution in [1.82, 2.24) is 10.3 Å². The number of ether oxygens (including phenoxy) is 1. The summed E-state index contributed by atoms with van der Waals surface area (Å²) in [5.41, 5.74) is 2.38. The van der Waals surface area contributed by atoms with Crippen LogP contribution in [0.25, 0.3) is 10.9 Å². The number of carbonyl (C=O) groups excluding carboxylic acids is 1. The summed E-state index contributed by atoms with van der Waals surface area (Å²) in [5, 5.41) is 4.34. The van der Waals surface area contributed by atoms with Crippen molar-refractivity contribution >= 4 is 16.8 Å². The minimum Gasteiger partial charge on any atom is -0.379 e. The number of rotatable bonds is 5. The fourth-order valence-corrected chi connectivity index (χ4v) is 3.27. The van der Waals surface area contributed by atoms with Gasteiger partial charge in [-0.15, -0.1) is 0 Å². The number of hydrogen-bond donors (Lipinski definition) is 2. The van der Waals surface area contributed by atoms with Gasteiger partial charge in [0, 0.05) is 30.1 Å². The van der Waals surface area contributed by atoms with Crippen molar-refractivity contribution in [1.29, 1.82) is 0 Å². The Labute approximate surface area is 131 Å². The van der Waals surface area contributed by atoms with Crippen LogP contribution in [0.15, 0.2) is 30.5 Å². The molecule has 2 unspecified atom stereocenters. The molecule has 1 amide bonds. The van der Waals surface area contributed by atoms with E-state index in [1.54, 1.807) is 0 Å². The average molecular weight is 300 g/mol. The van der Waals surface area contributed by atoms with E-state index < -0.39 is 0 Å². The molecule has 0 radical (unpaired) electrons. The van der Waals surface area contributed by atoms with Crippen molar-refractivity contribution in [2.45, 2.75) is 44.6 Å². The van der Waals surface area contributed by atoms with E-state index in [-0.39, 0.29) is 17.9 Å².